The molecule has 1 fully saturated rings. The van der Waals surface area contributed by atoms with E-state index in [1.165, 1.54) is 0 Å². The summed E-state index contributed by atoms with van der Waals surface area (Å²) in [5.74, 6) is 2.04. The van der Waals surface area contributed by atoms with Gasteiger partial charge in [0, 0.05) is 52.5 Å². The maximum Gasteiger partial charge on any atom is 0.190 e. The molecule has 23 heavy (non-hydrogen) atoms. The molecule has 1 saturated heterocycles. The fraction of sp³-hybridized carbons (Fsp3) is 0.941. The number of nitrogens with zero attached hydrogens (tertiary/aromatic N) is 1. The predicted octanol–water partition coefficient (Wildman–Crippen LogP) is 1.66. The zero-order chi connectivity index (χ0) is 16.8. The Morgan fingerprint density at radius 1 is 1.17 bits per heavy atom. The van der Waals surface area contributed by atoms with Crippen LogP contribution in [-0.2, 0) is 14.2 Å². The van der Waals surface area contributed by atoms with Crippen molar-refractivity contribution in [1.29, 1.82) is 0 Å². The Balaban J connectivity index is 1.89. The van der Waals surface area contributed by atoms with Crippen LogP contribution >= 0.6 is 0 Å². The summed E-state index contributed by atoms with van der Waals surface area (Å²) in [4.78, 5) is 4.21. The molecule has 2 N–H and O–H groups in total. The fourth-order valence-electron chi connectivity index (χ4n) is 2.27. The third-order valence-corrected chi connectivity index (χ3v) is 3.57. The smallest absolute Gasteiger partial charge is 0.190 e. The first kappa shape index (κ1) is 20.2. The zero-order valence-corrected chi connectivity index (χ0v) is 15.1. The molecule has 1 atom stereocenters. The van der Waals surface area contributed by atoms with Gasteiger partial charge in [0.05, 0.1) is 13.2 Å². The fourth-order valence-corrected chi connectivity index (χ4v) is 2.27. The van der Waals surface area contributed by atoms with Crippen LogP contribution in [0.15, 0.2) is 4.99 Å². The van der Waals surface area contributed by atoms with Crippen molar-refractivity contribution in [3.05, 3.63) is 0 Å². The summed E-state index contributed by atoms with van der Waals surface area (Å²) in [6.07, 6.45) is 3.10. The molecule has 1 aliphatic rings. The second kappa shape index (κ2) is 13.6. The molecule has 0 aromatic rings. The molecule has 0 aromatic heterocycles. The molecule has 0 amide bonds. The number of nitrogens with one attached hydrogen (secondary N) is 2. The van der Waals surface area contributed by atoms with E-state index in [1.54, 1.807) is 7.05 Å². The molecule has 1 heterocycles. The molecule has 0 saturated carbocycles. The maximum atomic E-state index is 5.68. The number of aliphatic imine (C=N–C) groups is 1. The predicted molar refractivity (Wildman–Crippen MR) is 94.0 cm³/mol. The Morgan fingerprint density at radius 2 is 1.87 bits per heavy atom. The molecule has 0 aromatic carbocycles. The standard InChI is InChI=1S/C17H35N3O3/c1-15(2)12-21-9-4-7-19-17(18-3)20-8-5-10-22-13-16-6-11-23-14-16/h15-16H,4-14H2,1-3H3,(H2,18,19,20). The average Bonchev–Trinajstić information content (AvgIpc) is 3.04. The van der Waals surface area contributed by atoms with Crippen molar-refractivity contribution < 1.29 is 14.2 Å². The Bertz CT molecular complexity index is 305. The summed E-state index contributed by atoms with van der Waals surface area (Å²) >= 11 is 0. The van der Waals surface area contributed by atoms with E-state index in [9.17, 15) is 0 Å². The molecule has 1 rings (SSSR count). The Morgan fingerprint density at radius 3 is 2.43 bits per heavy atom. The first-order chi connectivity index (χ1) is 11.2. The molecule has 0 aliphatic carbocycles. The van der Waals surface area contributed by atoms with Crippen LogP contribution in [-0.4, -0.2) is 65.7 Å². The molecule has 0 radical (unpaired) electrons. The van der Waals surface area contributed by atoms with Crippen LogP contribution in [0.4, 0.5) is 0 Å². The van der Waals surface area contributed by atoms with Crippen LogP contribution in [0.25, 0.3) is 0 Å². The first-order valence-electron chi connectivity index (χ1n) is 8.90. The van der Waals surface area contributed by atoms with Gasteiger partial charge in [-0.05, 0) is 25.2 Å². The number of ether oxygens (including phenoxy) is 3. The van der Waals surface area contributed by atoms with Crippen LogP contribution in [0.1, 0.15) is 33.1 Å². The minimum absolute atomic E-state index is 0.593. The van der Waals surface area contributed by atoms with Crippen molar-refractivity contribution in [3.63, 3.8) is 0 Å². The van der Waals surface area contributed by atoms with Crippen molar-refractivity contribution in [3.8, 4) is 0 Å². The van der Waals surface area contributed by atoms with Gasteiger partial charge in [0.15, 0.2) is 5.96 Å². The van der Waals surface area contributed by atoms with E-state index >= 15 is 0 Å². The zero-order valence-electron chi connectivity index (χ0n) is 15.1. The third-order valence-electron chi connectivity index (χ3n) is 3.57. The van der Waals surface area contributed by atoms with Gasteiger partial charge >= 0.3 is 0 Å². The summed E-state index contributed by atoms with van der Waals surface area (Å²) in [5.41, 5.74) is 0. The van der Waals surface area contributed by atoms with Crippen LogP contribution < -0.4 is 10.6 Å². The van der Waals surface area contributed by atoms with Gasteiger partial charge in [0.25, 0.3) is 0 Å². The molecule has 1 aliphatic heterocycles. The number of hydrogen-bond donors (Lipinski definition) is 2. The summed E-state index contributed by atoms with van der Waals surface area (Å²) in [5, 5.41) is 6.60. The third kappa shape index (κ3) is 11.3. The van der Waals surface area contributed by atoms with Gasteiger partial charge in [-0.15, -0.1) is 0 Å². The lowest BCUT2D eigenvalue weighted by atomic mass is 10.1. The summed E-state index contributed by atoms with van der Waals surface area (Å²) < 4.78 is 16.6. The average molecular weight is 329 g/mol. The van der Waals surface area contributed by atoms with Crippen molar-refractivity contribution >= 4 is 5.96 Å². The summed E-state index contributed by atoms with van der Waals surface area (Å²) in [7, 11) is 1.79. The van der Waals surface area contributed by atoms with Gasteiger partial charge in [-0.2, -0.15) is 0 Å². The van der Waals surface area contributed by atoms with Crippen LogP contribution in [0.3, 0.4) is 0 Å². The van der Waals surface area contributed by atoms with E-state index in [2.05, 4.69) is 29.5 Å². The highest BCUT2D eigenvalue weighted by atomic mass is 16.5. The monoisotopic (exact) mass is 329 g/mol. The minimum atomic E-state index is 0.593. The van der Waals surface area contributed by atoms with Gasteiger partial charge in [0.1, 0.15) is 0 Å². The molecule has 6 heteroatoms. The molecule has 0 spiro atoms. The lowest BCUT2D eigenvalue weighted by Crippen LogP contribution is -2.38. The van der Waals surface area contributed by atoms with E-state index in [-0.39, 0.29) is 0 Å². The maximum absolute atomic E-state index is 5.68. The SMILES string of the molecule is CN=C(NCCCOCC(C)C)NCCCOCC1CCOC1. The van der Waals surface area contributed by atoms with Crippen molar-refractivity contribution in [2.45, 2.75) is 33.1 Å². The molecule has 0 bridgehead atoms. The molecular weight excluding hydrogens is 294 g/mol. The van der Waals surface area contributed by atoms with Crippen LogP contribution in [0, 0.1) is 11.8 Å². The highest BCUT2D eigenvalue weighted by Crippen LogP contribution is 2.12. The van der Waals surface area contributed by atoms with Crippen molar-refractivity contribution in [2.75, 3.05) is 59.8 Å². The van der Waals surface area contributed by atoms with Gasteiger partial charge in [-0.3, -0.25) is 4.99 Å². The Labute approximate surface area is 141 Å². The van der Waals surface area contributed by atoms with Gasteiger partial charge < -0.3 is 24.8 Å². The normalized spacial score (nSPS) is 18.6. The largest absolute Gasteiger partial charge is 0.381 e. The van der Waals surface area contributed by atoms with E-state index in [1.807, 2.05) is 0 Å². The summed E-state index contributed by atoms with van der Waals surface area (Å²) in [6.45, 7) is 11.0. The van der Waals surface area contributed by atoms with Crippen molar-refractivity contribution in [2.24, 2.45) is 16.8 Å². The molecular formula is C17H35N3O3. The van der Waals surface area contributed by atoms with Gasteiger partial charge in [-0.25, -0.2) is 0 Å². The molecule has 136 valence electrons. The van der Waals surface area contributed by atoms with Gasteiger partial charge in [0.2, 0.25) is 0 Å². The highest BCUT2D eigenvalue weighted by molar-refractivity contribution is 5.79. The van der Waals surface area contributed by atoms with E-state index < -0.39 is 0 Å². The molecule has 1 unspecified atom stereocenters. The highest BCUT2D eigenvalue weighted by Gasteiger charge is 2.15. The van der Waals surface area contributed by atoms with E-state index in [4.69, 9.17) is 14.2 Å². The quantitative estimate of drug-likeness (QED) is 0.324. The van der Waals surface area contributed by atoms with Crippen LogP contribution in [0.2, 0.25) is 0 Å². The van der Waals surface area contributed by atoms with E-state index in [0.29, 0.717) is 11.8 Å². The topological polar surface area (TPSA) is 64.1 Å². The van der Waals surface area contributed by atoms with Gasteiger partial charge in [-0.1, -0.05) is 13.8 Å². The second-order valence-electron chi connectivity index (χ2n) is 6.41. The number of guanidine groups is 1. The first-order valence-corrected chi connectivity index (χ1v) is 8.90. The minimum Gasteiger partial charge on any atom is -0.381 e. The van der Waals surface area contributed by atoms with E-state index in [0.717, 1.165) is 78.0 Å². The van der Waals surface area contributed by atoms with Crippen LogP contribution in [0.5, 0.6) is 0 Å². The van der Waals surface area contributed by atoms with Crippen molar-refractivity contribution in [1.82, 2.24) is 10.6 Å². The second-order valence-corrected chi connectivity index (χ2v) is 6.41. The number of hydrogen-bond acceptors (Lipinski definition) is 4. The lowest BCUT2D eigenvalue weighted by molar-refractivity contribution is 0.0888. The number of rotatable bonds is 12. The Hall–Kier alpha value is -0.850. The summed E-state index contributed by atoms with van der Waals surface area (Å²) in [6, 6.07) is 0. The Kier molecular flexibility index (Phi) is 11.9. The lowest BCUT2D eigenvalue weighted by Gasteiger charge is -2.13. The molecule has 6 nitrogen and oxygen atoms in total.